The molecule has 1 aliphatic rings. The Kier molecular flexibility index (Phi) is 7.14. The zero-order valence-corrected chi connectivity index (χ0v) is 18.3. The van der Waals surface area contributed by atoms with E-state index in [1.54, 1.807) is 11.0 Å². The van der Waals surface area contributed by atoms with E-state index < -0.39 is 6.09 Å². The molecule has 7 nitrogen and oxygen atoms in total. The number of ether oxygens (including phenoxy) is 1. The van der Waals surface area contributed by atoms with Crippen LogP contribution in [0.3, 0.4) is 0 Å². The molecule has 3 rings (SSSR count). The molecule has 1 fully saturated rings. The van der Waals surface area contributed by atoms with Crippen molar-refractivity contribution in [3.05, 3.63) is 51.1 Å². The van der Waals surface area contributed by atoms with Crippen LogP contribution in [0.1, 0.15) is 36.8 Å². The molecule has 2 N–H and O–H groups in total. The minimum Gasteiger partial charge on any atom is -0.480 e. The first-order valence-electron chi connectivity index (χ1n) is 9.46. The van der Waals surface area contributed by atoms with Crippen LogP contribution in [0, 0.1) is 14.9 Å². The van der Waals surface area contributed by atoms with E-state index in [4.69, 9.17) is 4.74 Å². The molecule has 2 aromatic rings. The number of hydrogen-bond acceptors (Lipinski definition) is 5. The van der Waals surface area contributed by atoms with Crippen molar-refractivity contribution >= 4 is 34.5 Å². The number of anilines is 1. The first-order valence-corrected chi connectivity index (χ1v) is 10.5. The van der Waals surface area contributed by atoms with E-state index in [2.05, 4.69) is 39.0 Å². The van der Waals surface area contributed by atoms with Crippen LogP contribution in [0.15, 0.2) is 36.4 Å². The lowest BCUT2D eigenvalue weighted by Gasteiger charge is -2.36. The molecule has 8 heteroatoms. The molecule has 1 amide bonds. The summed E-state index contributed by atoms with van der Waals surface area (Å²) in [6.45, 7) is 0.408. The maximum atomic E-state index is 11.8. The number of carboxylic acid groups (broad SMARTS) is 1. The zero-order valence-electron chi connectivity index (χ0n) is 16.1. The van der Waals surface area contributed by atoms with Gasteiger partial charge < -0.3 is 20.1 Å². The van der Waals surface area contributed by atoms with Crippen LogP contribution in [0.4, 0.5) is 10.6 Å². The number of nitrogens with one attached hydrogen (secondary N) is 1. The zero-order chi connectivity index (χ0) is 20.8. The fourth-order valence-electron chi connectivity index (χ4n) is 3.67. The number of amides is 1. The Hall–Kier alpha value is -2.54. The van der Waals surface area contributed by atoms with Crippen LogP contribution in [-0.4, -0.2) is 40.3 Å². The number of benzene rings is 1. The van der Waals surface area contributed by atoms with Gasteiger partial charge in [-0.2, -0.15) is 10.2 Å². The first kappa shape index (κ1) is 21.2. The second-order valence-corrected chi connectivity index (χ2v) is 8.20. The van der Waals surface area contributed by atoms with Crippen LogP contribution in [-0.2, 0) is 6.54 Å². The summed E-state index contributed by atoms with van der Waals surface area (Å²) in [6, 6.07) is 13.7. The molecule has 29 heavy (non-hydrogen) atoms. The number of hydrogen-bond donors (Lipinski definition) is 2. The first-order chi connectivity index (χ1) is 14.0. The summed E-state index contributed by atoms with van der Waals surface area (Å²) in [5.74, 6) is 1.01. The lowest BCUT2D eigenvalue weighted by atomic mass is 9.90. The van der Waals surface area contributed by atoms with E-state index in [1.807, 2.05) is 30.3 Å². The van der Waals surface area contributed by atoms with Crippen molar-refractivity contribution in [1.29, 1.82) is 5.26 Å². The summed E-state index contributed by atoms with van der Waals surface area (Å²) in [4.78, 5) is 17.8. The van der Waals surface area contributed by atoms with Crippen LogP contribution >= 0.6 is 22.6 Å². The molecule has 1 heterocycles. The molecule has 152 valence electrons. The van der Waals surface area contributed by atoms with Gasteiger partial charge in [0.25, 0.3) is 0 Å². The maximum Gasteiger partial charge on any atom is 0.407 e. The average molecular weight is 506 g/mol. The molecule has 0 bridgehead atoms. The Morgan fingerprint density at radius 2 is 2.03 bits per heavy atom. The van der Waals surface area contributed by atoms with Gasteiger partial charge in [-0.05, 0) is 59.9 Å². The third kappa shape index (κ3) is 5.29. The van der Waals surface area contributed by atoms with Crippen molar-refractivity contribution < 1.29 is 14.6 Å². The Morgan fingerprint density at radius 1 is 1.34 bits per heavy atom. The number of methoxy groups -OCH3 is 1. The molecule has 0 radical (unpaired) electrons. The van der Waals surface area contributed by atoms with Gasteiger partial charge in [-0.3, -0.25) is 0 Å². The number of halogens is 1. The van der Waals surface area contributed by atoms with Gasteiger partial charge in [-0.1, -0.05) is 30.3 Å². The summed E-state index contributed by atoms with van der Waals surface area (Å²) < 4.78 is 6.06. The van der Waals surface area contributed by atoms with Crippen LogP contribution in [0.25, 0.3) is 0 Å². The van der Waals surface area contributed by atoms with Gasteiger partial charge in [0.15, 0.2) is 0 Å². The number of nitrogens with zero attached hydrogens (tertiary/aromatic N) is 3. The summed E-state index contributed by atoms with van der Waals surface area (Å²) in [5.41, 5.74) is 1.41. The fourth-order valence-corrected chi connectivity index (χ4v) is 4.25. The lowest BCUT2D eigenvalue weighted by Crippen LogP contribution is -2.43. The molecule has 0 spiro atoms. The van der Waals surface area contributed by atoms with Crippen LogP contribution < -0.4 is 10.1 Å². The van der Waals surface area contributed by atoms with E-state index in [0.29, 0.717) is 23.8 Å². The van der Waals surface area contributed by atoms with E-state index >= 15 is 0 Å². The van der Waals surface area contributed by atoms with Crippen molar-refractivity contribution in [2.24, 2.45) is 0 Å². The summed E-state index contributed by atoms with van der Waals surface area (Å²) in [6.07, 6.45) is 2.41. The Balaban J connectivity index is 1.63. The second kappa shape index (κ2) is 9.78. The number of aromatic nitrogens is 1. The number of rotatable bonds is 6. The quantitative estimate of drug-likeness (QED) is 0.562. The van der Waals surface area contributed by atoms with Crippen LogP contribution in [0.2, 0.25) is 0 Å². The highest BCUT2D eigenvalue weighted by molar-refractivity contribution is 14.1. The Labute approximate surface area is 183 Å². The van der Waals surface area contributed by atoms with E-state index in [1.165, 1.54) is 7.11 Å². The molecular weight excluding hydrogens is 483 g/mol. The standard InChI is InChI=1S/C21H23IN4O3/c1-29-20-15(12-23)11-18(22)19(25-20)24-16-7-9-17(10-8-16)26(21(27)28)13-14-5-3-2-4-6-14/h2-6,11,16-17H,7-10,13H2,1H3,(H,24,25)(H,27,28)/t16-,17-. The molecule has 0 unspecified atom stereocenters. The third-order valence-corrected chi connectivity index (χ3v) is 6.00. The van der Waals surface area contributed by atoms with Gasteiger partial charge in [0, 0.05) is 18.6 Å². The van der Waals surface area contributed by atoms with Crippen molar-refractivity contribution in [1.82, 2.24) is 9.88 Å². The van der Waals surface area contributed by atoms with E-state index in [0.717, 1.165) is 34.8 Å². The normalized spacial score (nSPS) is 18.5. The Morgan fingerprint density at radius 3 is 2.62 bits per heavy atom. The van der Waals surface area contributed by atoms with Crippen molar-refractivity contribution in [2.75, 3.05) is 12.4 Å². The van der Waals surface area contributed by atoms with Gasteiger partial charge in [-0.25, -0.2) is 4.79 Å². The van der Waals surface area contributed by atoms with E-state index in [9.17, 15) is 15.2 Å². The highest BCUT2D eigenvalue weighted by Gasteiger charge is 2.29. The van der Waals surface area contributed by atoms with Crippen molar-refractivity contribution in [3.63, 3.8) is 0 Å². The molecular formula is C21H23IN4O3. The predicted octanol–water partition coefficient (Wildman–Crippen LogP) is 4.47. The minimum absolute atomic E-state index is 0.00767. The molecule has 1 saturated carbocycles. The fraction of sp³-hybridized carbons (Fsp3) is 0.381. The largest absolute Gasteiger partial charge is 0.480 e. The lowest BCUT2D eigenvalue weighted by molar-refractivity contribution is 0.105. The van der Waals surface area contributed by atoms with Gasteiger partial charge in [0.1, 0.15) is 17.5 Å². The number of pyridine rings is 1. The molecule has 1 aliphatic carbocycles. The molecule has 0 atom stereocenters. The van der Waals surface area contributed by atoms with Gasteiger partial charge in [0.05, 0.1) is 10.7 Å². The summed E-state index contributed by atoms with van der Waals surface area (Å²) in [7, 11) is 1.50. The molecule has 1 aromatic heterocycles. The van der Waals surface area contributed by atoms with Gasteiger partial charge in [-0.15, -0.1) is 0 Å². The highest BCUT2D eigenvalue weighted by Crippen LogP contribution is 2.29. The molecule has 0 saturated heterocycles. The molecule has 1 aromatic carbocycles. The molecule has 0 aliphatic heterocycles. The Bertz CT molecular complexity index is 893. The summed E-state index contributed by atoms with van der Waals surface area (Å²) >= 11 is 2.16. The number of carbonyl (C=O) groups is 1. The van der Waals surface area contributed by atoms with Gasteiger partial charge >= 0.3 is 6.09 Å². The van der Waals surface area contributed by atoms with Crippen molar-refractivity contribution in [3.8, 4) is 11.9 Å². The smallest absolute Gasteiger partial charge is 0.407 e. The highest BCUT2D eigenvalue weighted by atomic mass is 127. The SMILES string of the molecule is COc1nc(N[C@H]2CC[C@H](N(Cc3ccccc3)C(=O)O)CC2)c(I)cc1C#N. The monoisotopic (exact) mass is 506 g/mol. The summed E-state index contributed by atoms with van der Waals surface area (Å²) in [5, 5.41) is 22.3. The minimum atomic E-state index is -0.877. The topological polar surface area (TPSA) is 98.5 Å². The predicted molar refractivity (Wildman–Crippen MR) is 118 cm³/mol. The van der Waals surface area contributed by atoms with Crippen molar-refractivity contribution in [2.45, 2.75) is 44.3 Å². The van der Waals surface area contributed by atoms with Gasteiger partial charge in [0.2, 0.25) is 5.88 Å². The third-order valence-electron chi connectivity index (χ3n) is 5.17. The number of nitriles is 1. The maximum absolute atomic E-state index is 11.8. The average Bonchev–Trinajstić information content (AvgIpc) is 2.74. The van der Waals surface area contributed by atoms with E-state index in [-0.39, 0.29) is 12.1 Å². The second-order valence-electron chi connectivity index (χ2n) is 7.03. The van der Waals surface area contributed by atoms with Crippen LogP contribution in [0.5, 0.6) is 5.88 Å².